The highest BCUT2D eigenvalue weighted by Gasteiger charge is 2.24. The lowest BCUT2D eigenvalue weighted by molar-refractivity contribution is 0.599. The molecular formula is C22H19ClN2O4S2. The van der Waals surface area contributed by atoms with Crippen molar-refractivity contribution in [1.82, 2.24) is 0 Å². The molecule has 0 radical (unpaired) electrons. The topological polar surface area (TPSA) is 92.3 Å². The number of benzene rings is 3. The number of nitrogens with one attached hydrogen (secondary N) is 2. The maximum absolute atomic E-state index is 12.8. The van der Waals surface area contributed by atoms with E-state index in [-0.39, 0.29) is 9.79 Å². The zero-order chi connectivity index (χ0) is 22.1. The van der Waals surface area contributed by atoms with Crippen molar-refractivity contribution < 1.29 is 16.8 Å². The van der Waals surface area contributed by atoms with Crippen molar-refractivity contribution >= 4 is 43.0 Å². The Bertz CT molecular complexity index is 1360. The maximum atomic E-state index is 12.8. The third kappa shape index (κ3) is 4.61. The molecule has 3 aromatic carbocycles. The van der Waals surface area contributed by atoms with Crippen LogP contribution in [0.4, 0.5) is 11.4 Å². The molecule has 0 spiro atoms. The summed E-state index contributed by atoms with van der Waals surface area (Å²) in [5.41, 5.74) is 2.08. The van der Waals surface area contributed by atoms with Gasteiger partial charge in [0.15, 0.2) is 0 Å². The molecule has 0 bridgehead atoms. The van der Waals surface area contributed by atoms with Crippen LogP contribution < -0.4 is 9.44 Å². The number of rotatable bonds is 6. The maximum Gasteiger partial charge on any atom is 0.261 e. The van der Waals surface area contributed by atoms with Gasteiger partial charge in [-0.05, 0) is 53.9 Å². The molecule has 1 aliphatic carbocycles. The average molecular weight is 475 g/mol. The molecule has 1 aliphatic rings. The SMILES string of the molecule is O=S(=O)(Nc1ccc(NS(=O)(=O)c2ccccc2)c2c1CC=C(Cl)C2)c1ccccc1. The summed E-state index contributed by atoms with van der Waals surface area (Å²) in [4.78, 5) is 0.275. The fourth-order valence-electron chi connectivity index (χ4n) is 3.38. The number of anilines is 2. The monoisotopic (exact) mass is 474 g/mol. The van der Waals surface area contributed by atoms with Crippen LogP contribution in [0.1, 0.15) is 11.1 Å². The van der Waals surface area contributed by atoms with Gasteiger partial charge in [-0.25, -0.2) is 16.8 Å². The highest BCUT2D eigenvalue weighted by Crippen LogP contribution is 2.36. The smallest absolute Gasteiger partial charge is 0.261 e. The molecule has 0 aliphatic heterocycles. The molecule has 31 heavy (non-hydrogen) atoms. The van der Waals surface area contributed by atoms with E-state index in [4.69, 9.17) is 11.6 Å². The van der Waals surface area contributed by atoms with Crippen molar-refractivity contribution in [3.63, 3.8) is 0 Å². The third-order valence-electron chi connectivity index (χ3n) is 4.90. The molecule has 4 rings (SSSR count). The number of hydrogen-bond acceptors (Lipinski definition) is 4. The lowest BCUT2D eigenvalue weighted by Gasteiger charge is -2.22. The summed E-state index contributed by atoms with van der Waals surface area (Å²) >= 11 is 6.23. The van der Waals surface area contributed by atoms with Crippen LogP contribution in [-0.2, 0) is 32.9 Å². The molecule has 0 atom stereocenters. The fourth-order valence-corrected chi connectivity index (χ4v) is 5.82. The Kier molecular flexibility index (Phi) is 5.79. The van der Waals surface area contributed by atoms with Crippen molar-refractivity contribution in [2.24, 2.45) is 0 Å². The number of hydrogen-bond donors (Lipinski definition) is 2. The minimum absolute atomic E-state index is 0.134. The summed E-state index contributed by atoms with van der Waals surface area (Å²) < 4.78 is 56.4. The van der Waals surface area contributed by atoms with Crippen molar-refractivity contribution in [3.05, 3.63) is 95.0 Å². The van der Waals surface area contributed by atoms with Crippen LogP contribution in [0.25, 0.3) is 0 Å². The molecule has 0 saturated heterocycles. The summed E-state index contributed by atoms with van der Waals surface area (Å²) in [7, 11) is -7.60. The minimum atomic E-state index is -3.81. The van der Waals surface area contributed by atoms with Gasteiger partial charge in [0.1, 0.15) is 0 Å². The summed E-state index contributed by atoms with van der Waals surface area (Å²) in [5.74, 6) is 0. The van der Waals surface area contributed by atoms with Gasteiger partial charge in [-0.1, -0.05) is 54.1 Å². The van der Waals surface area contributed by atoms with E-state index in [1.807, 2.05) is 0 Å². The second-order valence-electron chi connectivity index (χ2n) is 6.99. The largest absolute Gasteiger partial charge is 0.279 e. The summed E-state index contributed by atoms with van der Waals surface area (Å²) in [6.45, 7) is 0. The molecule has 0 unspecified atom stereocenters. The number of halogens is 1. The van der Waals surface area contributed by atoms with E-state index in [9.17, 15) is 16.8 Å². The zero-order valence-corrected chi connectivity index (χ0v) is 18.6. The van der Waals surface area contributed by atoms with Crippen molar-refractivity contribution in [2.75, 3.05) is 9.44 Å². The zero-order valence-electron chi connectivity index (χ0n) is 16.2. The molecule has 0 saturated carbocycles. The summed E-state index contributed by atoms with van der Waals surface area (Å²) in [5, 5.41) is 0.565. The van der Waals surface area contributed by atoms with Crippen LogP contribution in [-0.4, -0.2) is 16.8 Å². The number of allylic oxidation sites excluding steroid dienone is 2. The Morgan fingerprint density at radius 3 is 1.58 bits per heavy atom. The average Bonchev–Trinajstić information content (AvgIpc) is 2.76. The molecule has 0 amide bonds. The Labute approximate surface area is 186 Å². The van der Waals surface area contributed by atoms with Crippen molar-refractivity contribution in [1.29, 1.82) is 0 Å². The summed E-state index contributed by atoms with van der Waals surface area (Å²) in [6, 6.07) is 19.2. The van der Waals surface area contributed by atoms with Gasteiger partial charge in [-0.3, -0.25) is 9.44 Å². The van der Waals surface area contributed by atoms with Crippen LogP contribution in [0.15, 0.2) is 93.7 Å². The molecule has 0 aromatic heterocycles. The fraction of sp³-hybridized carbons (Fsp3) is 0.0909. The molecule has 2 N–H and O–H groups in total. The molecule has 0 heterocycles. The molecule has 3 aromatic rings. The van der Waals surface area contributed by atoms with Crippen LogP contribution in [0.5, 0.6) is 0 Å². The predicted molar refractivity (Wildman–Crippen MR) is 122 cm³/mol. The first kappa shape index (κ1) is 21.4. The normalized spacial score (nSPS) is 13.8. The lowest BCUT2D eigenvalue weighted by atomic mass is 9.94. The van der Waals surface area contributed by atoms with Gasteiger partial charge in [0, 0.05) is 11.5 Å². The second kappa shape index (κ2) is 8.37. The Balaban J connectivity index is 1.72. The first-order valence-corrected chi connectivity index (χ1v) is 12.8. The van der Waals surface area contributed by atoms with Crippen LogP contribution >= 0.6 is 11.6 Å². The molecule has 0 fully saturated rings. The van der Waals surface area contributed by atoms with E-state index in [0.29, 0.717) is 40.4 Å². The van der Waals surface area contributed by atoms with E-state index in [2.05, 4.69) is 9.44 Å². The van der Waals surface area contributed by atoms with Crippen LogP contribution in [0.3, 0.4) is 0 Å². The molecule has 6 nitrogen and oxygen atoms in total. The van der Waals surface area contributed by atoms with Gasteiger partial charge >= 0.3 is 0 Å². The second-order valence-corrected chi connectivity index (χ2v) is 10.8. The minimum Gasteiger partial charge on any atom is -0.279 e. The van der Waals surface area contributed by atoms with Gasteiger partial charge < -0.3 is 0 Å². The predicted octanol–water partition coefficient (Wildman–Crippen LogP) is 4.51. The van der Waals surface area contributed by atoms with Gasteiger partial charge in [-0.15, -0.1) is 0 Å². The van der Waals surface area contributed by atoms with E-state index in [1.54, 1.807) is 54.6 Å². The third-order valence-corrected chi connectivity index (χ3v) is 7.95. The van der Waals surface area contributed by atoms with Gasteiger partial charge in [0.05, 0.1) is 21.2 Å². The van der Waals surface area contributed by atoms with Gasteiger partial charge in [0.2, 0.25) is 0 Å². The Morgan fingerprint density at radius 1 is 0.645 bits per heavy atom. The first-order chi connectivity index (χ1) is 14.8. The number of sulfonamides is 2. The van der Waals surface area contributed by atoms with E-state index >= 15 is 0 Å². The molecular weight excluding hydrogens is 456 g/mol. The van der Waals surface area contributed by atoms with Gasteiger partial charge in [0.25, 0.3) is 20.0 Å². The molecule has 160 valence electrons. The highest BCUT2D eigenvalue weighted by molar-refractivity contribution is 7.93. The molecule has 9 heteroatoms. The van der Waals surface area contributed by atoms with E-state index in [0.717, 1.165) is 0 Å². The quantitative estimate of drug-likeness (QED) is 0.549. The van der Waals surface area contributed by atoms with Crippen LogP contribution in [0, 0.1) is 0 Å². The van der Waals surface area contributed by atoms with E-state index < -0.39 is 20.0 Å². The van der Waals surface area contributed by atoms with Crippen molar-refractivity contribution in [3.8, 4) is 0 Å². The van der Waals surface area contributed by atoms with Crippen LogP contribution in [0.2, 0.25) is 0 Å². The first-order valence-electron chi connectivity index (χ1n) is 9.41. The standard InChI is InChI=1S/C22H19ClN2O4S2/c23-16-11-12-19-20(15-16)22(25-31(28,29)18-9-5-2-6-10-18)14-13-21(19)24-30(26,27)17-7-3-1-4-8-17/h1-11,13-14,24-25H,12,15H2. The summed E-state index contributed by atoms with van der Waals surface area (Å²) in [6.07, 6.45) is 2.46. The highest BCUT2D eigenvalue weighted by atomic mass is 35.5. The Morgan fingerprint density at radius 2 is 1.10 bits per heavy atom. The van der Waals surface area contributed by atoms with Gasteiger partial charge in [-0.2, -0.15) is 0 Å². The number of fused-ring (bicyclic) bond motifs is 1. The van der Waals surface area contributed by atoms with Crippen molar-refractivity contribution in [2.45, 2.75) is 22.6 Å². The van der Waals surface area contributed by atoms with E-state index in [1.165, 1.54) is 24.3 Å². The lowest BCUT2D eigenvalue weighted by Crippen LogP contribution is -2.18. The Hall–Kier alpha value is -2.81.